The van der Waals surface area contributed by atoms with E-state index in [2.05, 4.69) is 4.98 Å². The van der Waals surface area contributed by atoms with Gasteiger partial charge in [0.2, 0.25) is 10.0 Å². The Kier molecular flexibility index (Phi) is 4.50. The predicted octanol–water partition coefficient (Wildman–Crippen LogP) is 4.14. The minimum absolute atomic E-state index is 0.0191. The number of hydrogen-bond donors (Lipinski definition) is 0. The molecule has 4 nitrogen and oxygen atoms in total. The molecule has 0 bridgehead atoms. The molecule has 1 fully saturated rings. The van der Waals surface area contributed by atoms with Gasteiger partial charge in [-0.15, -0.1) is 11.3 Å². The maximum Gasteiger partial charge on any atom is 0.243 e. The van der Waals surface area contributed by atoms with Crippen LogP contribution in [0.3, 0.4) is 0 Å². The van der Waals surface area contributed by atoms with E-state index in [9.17, 15) is 17.2 Å². The van der Waals surface area contributed by atoms with Crippen LogP contribution in [-0.4, -0.2) is 30.8 Å². The standard InChI is InChI=1S/C18H16F2N2O2S2/c19-13-8-14(20)10-15(9-13)26(23,24)22-7-3-4-12(11-22)18-21-16-5-1-2-6-17(16)25-18/h1-2,5-6,8-10,12H,3-4,7,11H2/t12-/m1/s1. The molecule has 0 spiro atoms. The number of thiazole rings is 1. The van der Waals surface area contributed by atoms with Crippen LogP contribution in [-0.2, 0) is 10.0 Å². The molecule has 3 aromatic rings. The van der Waals surface area contributed by atoms with Gasteiger partial charge in [-0.2, -0.15) is 4.31 Å². The Bertz CT molecular complexity index is 1010. The van der Waals surface area contributed by atoms with Crippen molar-refractivity contribution >= 4 is 31.6 Å². The molecular weight excluding hydrogens is 378 g/mol. The Morgan fingerprint density at radius 2 is 1.85 bits per heavy atom. The van der Waals surface area contributed by atoms with E-state index < -0.39 is 21.7 Å². The largest absolute Gasteiger partial charge is 0.243 e. The minimum atomic E-state index is -3.95. The van der Waals surface area contributed by atoms with Crippen LogP contribution in [0.25, 0.3) is 10.2 Å². The number of sulfonamides is 1. The van der Waals surface area contributed by atoms with E-state index in [1.807, 2.05) is 24.3 Å². The van der Waals surface area contributed by atoms with Crippen molar-refractivity contribution in [1.29, 1.82) is 0 Å². The molecule has 136 valence electrons. The van der Waals surface area contributed by atoms with Gasteiger partial charge in [-0.05, 0) is 37.1 Å². The molecular formula is C18H16F2N2O2S2. The Balaban J connectivity index is 1.63. The third-order valence-electron chi connectivity index (χ3n) is 4.52. The fourth-order valence-corrected chi connectivity index (χ4v) is 5.91. The molecule has 4 rings (SSSR count). The molecule has 0 aliphatic carbocycles. The predicted molar refractivity (Wildman–Crippen MR) is 96.7 cm³/mol. The molecule has 1 aliphatic rings. The van der Waals surface area contributed by atoms with Gasteiger partial charge in [0.25, 0.3) is 0 Å². The number of benzene rings is 2. The van der Waals surface area contributed by atoms with E-state index >= 15 is 0 Å². The van der Waals surface area contributed by atoms with Crippen LogP contribution in [0.5, 0.6) is 0 Å². The third kappa shape index (κ3) is 3.24. The average molecular weight is 394 g/mol. The first-order valence-electron chi connectivity index (χ1n) is 8.25. The number of aromatic nitrogens is 1. The fraction of sp³-hybridized carbons (Fsp3) is 0.278. The summed E-state index contributed by atoms with van der Waals surface area (Å²) in [6, 6.07) is 10.2. The van der Waals surface area contributed by atoms with E-state index in [1.165, 1.54) is 4.31 Å². The first-order valence-corrected chi connectivity index (χ1v) is 10.5. The monoisotopic (exact) mass is 394 g/mol. The first kappa shape index (κ1) is 17.5. The van der Waals surface area contributed by atoms with Gasteiger partial charge in [0.1, 0.15) is 11.6 Å². The Labute approximate surface area is 154 Å². The summed E-state index contributed by atoms with van der Waals surface area (Å²) >= 11 is 1.56. The van der Waals surface area contributed by atoms with Gasteiger partial charge in [0.15, 0.2) is 0 Å². The van der Waals surface area contributed by atoms with Crippen molar-refractivity contribution in [3.8, 4) is 0 Å². The molecule has 2 aromatic carbocycles. The van der Waals surface area contributed by atoms with Gasteiger partial charge >= 0.3 is 0 Å². The van der Waals surface area contributed by atoms with Gasteiger partial charge in [0.05, 0.1) is 20.1 Å². The van der Waals surface area contributed by atoms with E-state index in [4.69, 9.17) is 0 Å². The second-order valence-electron chi connectivity index (χ2n) is 6.33. The number of para-hydroxylation sites is 1. The van der Waals surface area contributed by atoms with Crippen LogP contribution >= 0.6 is 11.3 Å². The molecule has 8 heteroatoms. The molecule has 1 saturated heterocycles. The highest BCUT2D eigenvalue weighted by molar-refractivity contribution is 7.89. The fourth-order valence-electron chi connectivity index (χ4n) is 3.25. The summed E-state index contributed by atoms with van der Waals surface area (Å²) in [7, 11) is -3.95. The molecule has 0 saturated carbocycles. The summed E-state index contributed by atoms with van der Waals surface area (Å²) in [5.41, 5.74) is 0.902. The van der Waals surface area contributed by atoms with Crippen molar-refractivity contribution in [2.24, 2.45) is 0 Å². The van der Waals surface area contributed by atoms with Crippen LogP contribution < -0.4 is 0 Å². The summed E-state index contributed by atoms with van der Waals surface area (Å²) in [6.45, 7) is 0.599. The van der Waals surface area contributed by atoms with Crippen molar-refractivity contribution in [1.82, 2.24) is 9.29 Å². The number of hydrogen-bond acceptors (Lipinski definition) is 4. The minimum Gasteiger partial charge on any atom is -0.241 e. The smallest absolute Gasteiger partial charge is 0.241 e. The van der Waals surface area contributed by atoms with Crippen LogP contribution in [0.2, 0.25) is 0 Å². The highest BCUT2D eigenvalue weighted by Crippen LogP contribution is 2.34. The van der Waals surface area contributed by atoms with Crippen LogP contribution in [0.1, 0.15) is 23.8 Å². The second kappa shape index (κ2) is 6.68. The lowest BCUT2D eigenvalue weighted by Gasteiger charge is -2.31. The highest BCUT2D eigenvalue weighted by atomic mass is 32.2. The number of halogens is 2. The van der Waals surface area contributed by atoms with Gasteiger partial charge in [-0.1, -0.05) is 12.1 Å². The maximum absolute atomic E-state index is 13.5. The molecule has 0 unspecified atom stereocenters. The summed E-state index contributed by atoms with van der Waals surface area (Å²) < 4.78 is 54.9. The lowest BCUT2D eigenvalue weighted by atomic mass is 10.0. The van der Waals surface area contributed by atoms with Gasteiger partial charge in [-0.25, -0.2) is 22.2 Å². The summed E-state index contributed by atoms with van der Waals surface area (Å²) in [5, 5.41) is 0.900. The molecule has 0 amide bonds. The van der Waals surface area contributed by atoms with Crippen LogP contribution in [0, 0.1) is 11.6 Å². The average Bonchev–Trinajstić information content (AvgIpc) is 3.05. The van der Waals surface area contributed by atoms with E-state index in [0.29, 0.717) is 19.0 Å². The molecule has 1 atom stereocenters. The number of piperidine rings is 1. The van der Waals surface area contributed by atoms with Gasteiger partial charge in [-0.3, -0.25) is 0 Å². The van der Waals surface area contributed by atoms with Crippen LogP contribution in [0.4, 0.5) is 8.78 Å². The highest BCUT2D eigenvalue weighted by Gasteiger charge is 2.32. The number of fused-ring (bicyclic) bond motifs is 1. The SMILES string of the molecule is O=S(=O)(c1cc(F)cc(F)c1)N1CCC[C@@H](c2nc3ccccc3s2)C1. The topological polar surface area (TPSA) is 50.3 Å². The summed E-state index contributed by atoms with van der Waals surface area (Å²) in [4.78, 5) is 4.28. The van der Waals surface area contributed by atoms with Crippen LogP contribution in [0.15, 0.2) is 47.4 Å². The van der Waals surface area contributed by atoms with Crippen molar-refractivity contribution < 1.29 is 17.2 Å². The van der Waals surface area contributed by atoms with E-state index in [1.54, 1.807) is 11.3 Å². The van der Waals surface area contributed by atoms with Gasteiger partial charge < -0.3 is 0 Å². The first-order chi connectivity index (χ1) is 12.4. The molecule has 26 heavy (non-hydrogen) atoms. The van der Waals surface area contributed by atoms with E-state index in [-0.39, 0.29) is 17.4 Å². The molecule has 0 N–H and O–H groups in total. The Morgan fingerprint density at radius 1 is 1.12 bits per heavy atom. The zero-order chi connectivity index (χ0) is 18.3. The van der Waals surface area contributed by atoms with E-state index in [0.717, 1.165) is 33.8 Å². The molecule has 0 radical (unpaired) electrons. The third-order valence-corrected chi connectivity index (χ3v) is 7.56. The molecule has 2 heterocycles. The number of nitrogens with zero attached hydrogens (tertiary/aromatic N) is 2. The zero-order valence-electron chi connectivity index (χ0n) is 13.7. The van der Waals surface area contributed by atoms with Crippen molar-refractivity contribution in [2.45, 2.75) is 23.7 Å². The lowest BCUT2D eigenvalue weighted by molar-refractivity contribution is 0.315. The number of rotatable bonds is 3. The van der Waals surface area contributed by atoms with Crippen molar-refractivity contribution in [2.75, 3.05) is 13.1 Å². The summed E-state index contributed by atoms with van der Waals surface area (Å²) in [5.74, 6) is -1.82. The lowest BCUT2D eigenvalue weighted by Crippen LogP contribution is -2.39. The van der Waals surface area contributed by atoms with Crippen molar-refractivity contribution in [3.05, 3.63) is 59.1 Å². The normalized spacial score (nSPS) is 19.1. The quantitative estimate of drug-likeness (QED) is 0.671. The van der Waals surface area contributed by atoms with Gasteiger partial charge in [0, 0.05) is 25.1 Å². The Morgan fingerprint density at radius 3 is 2.58 bits per heavy atom. The van der Waals surface area contributed by atoms with Crippen molar-refractivity contribution in [3.63, 3.8) is 0 Å². The molecule has 1 aromatic heterocycles. The molecule has 1 aliphatic heterocycles. The zero-order valence-corrected chi connectivity index (χ0v) is 15.4. The Hall–Kier alpha value is -1.90. The summed E-state index contributed by atoms with van der Waals surface area (Å²) in [6.07, 6.45) is 1.51. The maximum atomic E-state index is 13.5. The second-order valence-corrected chi connectivity index (χ2v) is 9.33.